The van der Waals surface area contributed by atoms with E-state index in [0.717, 1.165) is 32.4 Å². The molecular weight excluding hydrogens is 248 g/mol. The highest BCUT2D eigenvalue weighted by Crippen LogP contribution is 2.58. The molecule has 104 valence electrons. The molecule has 2 aliphatic rings. The van der Waals surface area contributed by atoms with Crippen molar-refractivity contribution in [3.05, 3.63) is 0 Å². The van der Waals surface area contributed by atoms with Crippen LogP contribution in [0.2, 0.25) is 0 Å². The minimum atomic E-state index is -0.800. The highest BCUT2D eigenvalue weighted by molar-refractivity contribution is 7.98. The molecule has 2 unspecified atom stereocenters. The zero-order valence-corrected chi connectivity index (χ0v) is 12.1. The van der Waals surface area contributed by atoms with Crippen LogP contribution in [0.15, 0.2) is 0 Å². The van der Waals surface area contributed by atoms with E-state index in [-0.39, 0.29) is 17.2 Å². The average Bonchev–Trinajstić information content (AvgIpc) is 3.01. The predicted octanol–water partition coefficient (Wildman–Crippen LogP) is 0.606. The molecule has 3 N–H and O–H groups in total. The second-order valence-electron chi connectivity index (χ2n) is 6.02. The number of aliphatic hydroxyl groups is 1. The molecule has 5 heteroatoms. The maximum atomic E-state index is 12.1. The monoisotopic (exact) mass is 272 g/mol. The molecule has 0 aromatic rings. The van der Waals surface area contributed by atoms with E-state index in [2.05, 4.69) is 10.6 Å². The van der Waals surface area contributed by atoms with Crippen molar-refractivity contribution < 1.29 is 9.90 Å². The summed E-state index contributed by atoms with van der Waals surface area (Å²) in [5.41, 5.74) is -0.522. The van der Waals surface area contributed by atoms with Gasteiger partial charge in [-0.2, -0.15) is 11.8 Å². The average molecular weight is 272 g/mol. The number of hydrogen-bond donors (Lipinski definition) is 3. The topological polar surface area (TPSA) is 61.4 Å². The molecule has 1 amide bonds. The van der Waals surface area contributed by atoms with E-state index in [9.17, 15) is 9.90 Å². The van der Waals surface area contributed by atoms with E-state index in [0.29, 0.717) is 12.3 Å². The van der Waals surface area contributed by atoms with Crippen LogP contribution in [0.4, 0.5) is 0 Å². The third kappa shape index (κ3) is 3.19. The molecule has 1 aliphatic heterocycles. The van der Waals surface area contributed by atoms with E-state index in [4.69, 9.17) is 0 Å². The molecule has 2 fully saturated rings. The van der Waals surface area contributed by atoms with Gasteiger partial charge in [-0.15, -0.1) is 0 Å². The van der Waals surface area contributed by atoms with Crippen molar-refractivity contribution in [2.45, 2.75) is 31.8 Å². The van der Waals surface area contributed by atoms with E-state index in [1.807, 2.05) is 6.26 Å². The maximum Gasteiger partial charge on any atom is 0.223 e. The largest absolute Gasteiger partial charge is 0.387 e. The summed E-state index contributed by atoms with van der Waals surface area (Å²) in [7, 11) is 0. The molecule has 1 aliphatic carbocycles. The first-order valence-corrected chi connectivity index (χ1v) is 8.08. The highest BCUT2D eigenvalue weighted by Gasteiger charge is 2.57. The highest BCUT2D eigenvalue weighted by atomic mass is 32.2. The first-order valence-electron chi connectivity index (χ1n) is 6.69. The van der Waals surface area contributed by atoms with Gasteiger partial charge < -0.3 is 15.7 Å². The lowest BCUT2D eigenvalue weighted by Crippen LogP contribution is -2.43. The number of amides is 1. The fourth-order valence-corrected chi connectivity index (χ4v) is 3.68. The molecule has 0 aromatic heterocycles. The van der Waals surface area contributed by atoms with Gasteiger partial charge in [-0.1, -0.05) is 0 Å². The lowest BCUT2D eigenvalue weighted by molar-refractivity contribution is -0.124. The molecule has 18 heavy (non-hydrogen) atoms. The Kier molecular flexibility index (Phi) is 4.24. The molecule has 1 heterocycles. The molecule has 2 atom stereocenters. The fourth-order valence-electron chi connectivity index (χ4n) is 2.96. The minimum Gasteiger partial charge on any atom is -0.387 e. The van der Waals surface area contributed by atoms with E-state index >= 15 is 0 Å². The van der Waals surface area contributed by atoms with Crippen molar-refractivity contribution in [1.29, 1.82) is 0 Å². The van der Waals surface area contributed by atoms with Gasteiger partial charge in [0.25, 0.3) is 0 Å². The first kappa shape index (κ1) is 14.2. The van der Waals surface area contributed by atoms with Gasteiger partial charge in [0.2, 0.25) is 5.91 Å². The van der Waals surface area contributed by atoms with Crippen molar-refractivity contribution in [1.82, 2.24) is 10.6 Å². The lowest BCUT2D eigenvalue weighted by atomic mass is 9.91. The van der Waals surface area contributed by atoms with Crippen LogP contribution in [0.25, 0.3) is 0 Å². The van der Waals surface area contributed by atoms with Gasteiger partial charge in [-0.05, 0) is 50.9 Å². The summed E-state index contributed by atoms with van der Waals surface area (Å²) in [5.74, 6) is 0.968. The predicted molar refractivity (Wildman–Crippen MR) is 74.7 cm³/mol. The molecular formula is C13H24N2O2S. The van der Waals surface area contributed by atoms with Crippen LogP contribution in [-0.4, -0.2) is 48.3 Å². The van der Waals surface area contributed by atoms with Crippen LogP contribution in [-0.2, 0) is 4.79 Å². The van der Waals surface area contributed by atoms with E-state index in [1.165, 1.54) is 0 Å². The number of hydrogen-bond acceptors (Lipinski definition) is 4. The van der Waals surface area contributed by atoms with Crippen LogP contribution >= 0.6 is 11.8 Å². The van der Waals surface area contributed by atoms with Gasteiger partial charge in [-0.3, -0.25) is 4.79 Å². The smallest absolute Gasteiger partial charge is 0.223 e. The van der Waals surface area contributed by atoms with Gasteiger partial charge >= 0.3 is 0 Å². The molecule has 4 nitrogen and oxygen atoms in total. The Morgan fingerprint density at radius 3 is 2.83 bits per heavy atom. The zero-order chi connectivity index (χ0) is 13.2. The van der Waals surface area contributed by atoms with Crippen molar-refractivity contribution in [2.75, 3.05) is 31.6 Å². The van der Waals surface area contributed by atoms with Crippen LogP contribution < -0.4 is 10.6 Å². The molecule has 1 saturated carbocycles. The zero-order valence-electron chi connectivity index (χ0n) is 11.3. The van der Waals surface area contributed by atoms with Crippen molar-refractivity contribution in [3.63, 3.8) is 0 Å². The Bertz CT molecular complexity index is 314. The van der Waals surface area contributed by atoms with Crippen molar-refractivity contribution in [2.24, 2.45) is 11.3 Å². The van der Waals surface area contributed by atoms with E-state index in [1.54, 1.807) is 18.7 Å². The standard InChI is InChI=1S/C13H24N2O2S/c1-12(17,9-18-2)8-15-11(16)10-7-13(10)3-5-14-6-4-13/h10,14,17H,3-9H2,1-2H3,(H,15,16). The van der Waals surface area contributed by atoms with Crippen LogP contribution in [0, 0.1) is 11.3 Å². The van der Waals surface area contributed by atoms with Gasteiger partial charge in [0.05, 0.1) is 5.60 Å². The summed E-state index contributed by atoms with van der Waals surface area (Å²) in [5, 5.41) is 16.3. The summed E-state index contributed by atoms with van der Waals surface area (Å²) < 4.78 is 0. The molecule has 0 bridgehead atoms. The van der Waals surface area contributed by atoms with Gasteiger partial charge in [0, 0.05) is 18.2 Å². The SMILES string of the molecule is CSCC(C)(O)CNC(=O)C1CC12CCNCC2. The number of thioether (sulfide) groups is 1. The Morgan fingerprint density at radius 2 is 2.22 bits per heavy atom. The summed E-state index contributed by atoms with van der Waals surface area (Å²) in [4.78, 5) is 12.1. The Hall–Kier alpha value is -0.260. The minimum absolute atomic E-state index is 0.137. The Morgan fingerprint density at radius 1 is 1.56 bits per heavy atom. The quantitative estimate of drug-likeness (QED) is 0.686. The van der Waals surface area contributed by atoms with Crippen LogP contribution in [0.1, 0.15) is 26.2 Å². The summed E-state index contributed by atoms with van der Waals surface area (Å²) in [6.07, 6.45) is 5.23. The lowest BCUT2D eigenvalue weighted by Gasteiger charge is -2.25. The van der Waals surface area contributed by atoms with Crippen LogP contribution in [0.3, 0.4) is 0 Å². The number of rotatable bonds is 5. The van der Waals surface area contributed by atoms with Crippen LogP contribution in [0.5, 0.6) is 0 Å². The third-order valence-corrected chi connectivity index (χ3v) is 5.11. The molecule has 0 radical (unpaired) electrons. The molecule has 2 rings (SSSR count). The summed E-state index contributed by atoms with van der Waals surface area (Å²) in [6, 6.07) is 0. The number of nitrogens with one attached hydrogen (secondary N) is 2. The Balaban J connectivity index is 1.76. The number of carbonyl (C=O) groups excluding carboxylic acids is 1. The second kappa shape index (κ2) is 5.39. The number of piperidine rings is 1. The Labute approximate surface area is 113 Å². The maximum absolute atomic E-state index is 12.1. The third-order valence-electron chi connectivity index (χ3n) is 4.20. The van der Waals surface area contributed by atoms with Crippen molar-refractivity contribution in [3.8, 4) is 0 Å². The number of carbonyl (C=O) groups is 1. The fraction of sp³-hybridized carbons (Fsp3) is 0.923. The molecule has 0 aromatic carbocycles. The molecule has 1 saturated heterocycles. The summed E-state index contributed by atoms with van der Waals surface area (Å²) in [6.45, 7) is 4.20. The van der Waals surface area contributed by atoms with Gasteiger partial charge in [0.15, 0.2) is 0 Å². The second-order valence-corrected chi connectivity index (χ2v) is 6.88. The van der Waals surface area contributed by atoms with Crippen molar-refractivity contribution >= 4 is 17.7 Å². The molecule has 1 spiro atoms. The van der Waals surface area contributed by atoms with E-state index < -0.39 is 5.60 Å². The van der Waals surface area contributed by atoms with Gasteiger partial charge in [-0.25, -0.2) is 0 Å². The normalized spacial score (nSPS) is 28.7. The summed E-state index contributed by atoms with van der Waals surface area (Å²) >= 11 is 1.60. The first-order chi connectivity index (χ1) is 8.49. The van der Waals surface area contributed by atoms with Gasteiger partial charge in [0.1, 0.15) is 0 Å².